The average molecular weight is 374 g/mol. The van der Waals surface area contributed by atoms with E-state index in [1.807, 2.05) is 42.5 Å². The molecule has 1 aromatic heterocycles. The first-order chi connectivity index (χ1) is 13.7. The molecule has 0 saturated carbocycles. The molecule has 0 bridgehead atoms. The van der Waals surface area contributed by atoms with Gasteiger partial charge < -0.3 is 15.4 Å². The van der Waals surface area contributed by atoms with Crippen molar-refractivity contribution in [3.05, 3.63) is 84.4 Å². The fourth-order valence-electron chi connectivity index (χ4n) is 2.92. The molecule has 0 saturated heterocycles. The van der Waals surface area contributed by atoms with Crippen molar-refractivity contribution in [2.75, 3.05) is 17.7 Å². The molecule has 0 aliphatic carbocycles. The first-order valence-corrected chi connectivity index (χ1v) is 8.85. The highest BCUT2D eigenvalue weighted by molar-refractivity contribution is 5.92. The van der Waals surface area contributed by atoms with Gasteiger partial charge in [-0.3, -0.25) is 0 Å². The topological polar surface area (TPSA) is 59.1 Å². The van der Waals surface area contributed by atoms with Gasteiger partial charge in [0.2, 0.25) is 0 Å². The maximum absolute atomic E-state index is 13.1. The molecule has 6 heteroatoms. The number of fused-ring (bicyclic) bond motifs is 1. The quantitative estimate of drug-likeness (QED) is 0.490. The molecule has 140 valence electrons. The number of aromatic nitrogens is 2. The maximum Gasteiger partial charge on any atom is 0.141 e. The summed E-state index contributed by atoms with van der Waals surface area (Å²) in [7, 11) is 1.66. The van der Waals surface area contributed by atoms with Crippen molar-refractivity contribution < 1.29 is 9.13 Å². The molecule has 4 rings (SSSR count). The number of anilines is 3. The van der Waals surface area contributed by atoms with Crippen LogP contribution >= 0.6 is 0 Å². The molecule has 0 unspecified atom stereocenters. The summed E-state index contributed by atoms with van der Waals surface area (Å²) in [6, 6.07) is 20.0. The summed E-state index contributed by atoms with van der Waals surface area (Å²) in [6.07, 6.45) is 1.51. The lowest BCUT2D eigenvalue weighted by Gasteiger charge is -2.11. The van der Waals surface area contributed by atoms with Crippen molar-refractivity contribution in [3.8, 4) is 5.75 Å². The molecular weight excluding hydrogens is 355 g/mol. The molecular formula is C22H19FN4O. The maximum atomic E-state index is 13.1. The summed E-state index contributed by atoms with van der Waals surface area (Å²) in [5.41, 5.74) is 3.66. The smallest absolute Gasteiger partial charge is 0.141 e. The first-order valence-electron chi connectivity index (χ1n) is 8.85. The van der Waals surface area contributed by atoms with E-state index in [-0.39, 0.29) is 5.82 Å². The van der Waals surface area contributed by atoms with Crippen LogP contribution in [0.3, 0.4) is 0 Å². The molecule has 28 heavy (non-hydrogen) atoms. The fraction of sp³-hybridized carbons (Fsp3) is 0.0909. The number of benzene rings is 3. The van der Waals surface area contributed by atoms with Gasteiger partial charge in [-0.2, -0.15) is 0 Å². The number of methoxy groups -OCH3 is 1. The number of ether oxygens (including phenoxy) is 1. The van der Waals surface area contributed by atoms with Crippen LogP contribution in [0.25, 0.3) is 10.9 Å². The molecule has 3 aromatic carbocycles. The minimum Gasteiger partial charge on any atom is -0.497 e. The van der Waals surface area contributed by atoms with Crippen molar-refractivity contribution in [1.29, 1.82) is 0 Å². The molecule has 0 fully saturated rings. The van der Waals surface area contributed by atoms with Crippen LogP contribution in [0.2, 0.25) is 0 Å². The van der Waals surface area contributed by atoms with E-state index in [1.165, 1.54) is 18.5 Å². The van der Waals surface area contributed by atoms with Crippen LogP contribution in [0, 0.1) is 5.82 Å². The Hall–Kier alpha value is -3.67. The molecule has 0 amide bonds. The number of rotatable bonds is 6. The predicted molar refractivity (Wildman–Crippen MR) is 110 cm³/mol. The second-order valence-corrected chi connectivity index (χ2v) is 6.29. The third-order valence-electron chi connectivity index (χ3n) is 4.37. The second kappa shape index (κ2) is 7.92. The Balaban J connectivity index is 1.57. The largest absolute Gasteiger partial charge is 0.497 e. The van der Waals surface area contributed by atoms with Crippen LogP contribution < -0.4 is 15.4 Å². The molecule has 0 aliphatic heterocycles. The molecule has 0 radical (unpaired) electrons. The van der Waals surface area contributed by atoms with E-state index in [4.69, 9.17) is 4.74 Å². The van der Waals surface area contributed by atoms with Crippen molar-refractivity contribution >= 4 is 28.1 Å². The van der Waals surface area contributed by atoms with Gasteiger partial charge in [-0.05, 0) is 60.2 Å². The summed E-state index contributed by atoms with van der Waals surface area (Å²) in [5.74, 6) is 1.22. The summed E-state index contributed by atoms with van der Waals surface area (Å²) in [6.45, 7) is 0.664. The minimum atomic E-state index is -0.276. The third-order valence-corrected chi connectivity index (χ3v) is 4.37. The second-order valence-electron chi connectivity index (χ2n) is 6.29. The van der Waals surface area contributed by atoms with Gasteiger partial charge in [0.15, 0.2) is 0 Å². The SMILES string of the molecule is COc1cccc(CNc2ccc3ncnc(Nc4ccc(F)cc4)c3c2)c1. The van der Waals surface area contributed by atoms with E-state index in [2.05, 4.69) is 20.6 Å². The first kappa shape index (κ1) is 17.7. The zero-order valence-electron chi connectivity index (χ0n) is 15.3. The highest BCUT2D eigenvalue weighted by Crippen LogP contribution is 2.26. The lowest BCUT2D eigenvalue weighted by atomic mass is 10.1. The molecule has 2 N–H and O–H groups in total. The molecule has 0 spiro atoms. The van der Waals surface area contributed by atoms with Gasteiger partial charge in [-0.25, -0.2) is 14.4 Å². The highest BCUT2D eigenvalue weighted by Gasteiger charge is 2.06. The Kier molecular flexibility index (Phi) is 5.01. The van der Waals surface area contributed by atoms with E-state index < -0.39 is 0 Å². The van der Waals surface area contributed by atoms with Crippen LogP contribution in [0.15, 0.2) is 73.1 Å². The number of halogens is 1. The van der Waals surface area contributed by atoms with Gasteiger partial charge >= 0.3 is 0 Å². The molecule has 0 atom stereocenters. The zero-order valence-corrected chi connectivity index (χ0v) is 15.3. The summed E-state index contributed by atoms with van der Waals surface area (Å²) >= 11 is 0. The van der Waals surface area contributed by atoms with E-state index in [9.17, 15) is 4.39 Å². The minimum absolute atomic E-state index is 0.276. The van der Waals surface area contributed by atoms with Crippen molar-refractivity contribution in [1.82, 2.24) is 9.97 Å². The fourth-order valence-corrected chi connectivity index (χ4v) is 2.92. The molecule has 0 aliphatic rings. The zero-order chi connectivity index (χ0) is 19.3. The van der Waals surface area contributed by atoms with Gasteiger partial charge in [0.1, 0.15) is 23.7 Å². The normalized spacial score (nSPS) is 10.6. The van der Waals surface area contributed by atoms with Crippen LogP contribution in [0.5, 0.6) is 5.75 Å². The lowest BCUT2D eigenvalue weighted by Crippen LogP contribution is -2.01. The Bertz CT molecular complexity index is 1100. The van der Waals surface area contributed by atoms with E-state index in [0.29, 0.717) is 12.4 Å². The number of hydrogen-bond acceptors (Lipinski definition) is 5. The Labute approximate surface area is 162 Å². The standard InChI is InChI=1S/C22H19FN4O/c1-28-19-4-2-3-15(11-19)13-24-18-9-10-21-20(12-18)22(26-14-25-21)27-17-7-5-16(23)6-8-17/h2-12,14,24H,13H2,1H3,(H,25,26,27). The van der Waals surface area contributed by atoms with Crippen LogP contribution in [0.1, 0.15) is 5.56 Å². The van der Waals surface area contributed by atoms with Crippen molar-refractivity contribution in [2.45, 2.75) is 6.54 Å². The Morgan fingerprint density at radius 1 is 0.929 bits per heavy atom. The van der Waals surface area contributed by atoms with Gasteiger partial charge in [-0.15, -0.1) is 0 Å². The molecule has 1 heterocycles. The summed E-state index contributed by atoms with van der Waals surface area (Å²) in [5, 5.41) is 7.52. The number of hydrogen-bond donors (Lipinski definition) is 2. The third kappa shape index (κ3) is 4.01. The van der Waals surface area contributed by atoms with Gasteiger partial charge in [-0.1, -0.05) is 12.1 Å². The Morgan fingerprint density at radius 3 is 2.57 bits per heavy atom. The van der Waals surface area contributed by atoms with Gasteiger partial charge in [0.05, 0.1) is 12.6 Å². The van der Waals surface area contributed by atoms with Crippen molar-refractivity contribution in [2.24, 2.45) is 0 Å². The number of nitrogens with zero attached hydrogens (tertiary/aromatic N) is 2. The van der Waals surface area contributed by atoms with Crippen molar-refractivity contribution in [3.63, 3.8) is 0 Å². The van der Waals surface area contributed by atoms with E-state index in [1.54, 1.807) is 19.2 Å². The molecule has 4 aromatic rings. The highest BCUT2D eigenvalue weighted by atomic mass is 19.1. The predicted octanol–water partition coefficient (Wildman–Crippen LogP) is 5.13. The van der Waals surface area contributed by atoms with Crippen LogP contribution in [0.4, 0.5) is 21.6 Å². The summed E-state index contributed by atoms with van der Waals surface area (Å²) < 4.78 is 18.4. The number of nitrogens with one attached hydrogen (secondary N) is 2. The van der Waals surface area contributed by atoms with Gasteiger partial charge in [0, 0.05) is 23.3 Å². The summed E-state index contributed by atoms with van der Waals surface area (Å²) in [4.78, 5) is 8.67. The average Bonchev–Trinajstić information content (AvgIpc) is 2.74. The Morgan fingerprint density at radius 2 is 1.75 bits per heavy atom. The van der Waals surface area contributed by atoms with Gasteiger partial charge in [0.25, 0.3) is 0 Å². The monoisotopic (exact) mass is 374 g/mol. The molecule has 5 nitrogen and oxygen atoms in total. The lowest BCUT2D eigenvalue weighted by molar-refractivity contribution is 0.414. The van der Waals surface area contributed by atoms with Crippen LogP contribution in [-0.4, -0.2) is 17.1 Å². The van der Waals surface area contributed by atoms with Crippen LogP contribution in [-0.2, 0) is 6.54 Å². The van der Waals surface area contributed by atoms with E-state index >= 15 is 0 Å². The van der Waals surface area contributed by atoms with E-state index in [0.717, 1.165) is 33.6 Å².